The maximum atomic E-state index is 13.2. The molecular formula is C29H48N4O9. The number of carboxylic acids is 1. The molecule has 42 heavy (non-hydrogen) atoms. The fourth-order valence-corrected chi connectivity index (χ4v) is 3.50. The Morgan fingerprint density at radius 2 is 1.31 bits per heavy atom. The number of carbonyl (C=O) groups is 5. The number of ether oxygens (including phenoxy) is 1. The highest BCUT2D eigenvalue weighted by Crippen LogP contribution is 2.14. The number of hydrogen-bond donors (Lipinski definition) is 4. The zero-order chi connectivity index (χ0) is 32.2. The summed E-state index contributed by atoms with van der Waals surface area (Å²) in [6.07, 6.45) is -0.203. The summed E-state index contributed by atoms with van der Waals surface area (Å²) in [4.78, 5) is 65.3. The number of carboxylic acid groups (broad SMARTS) is 1. The van der Waals surface area contributed by atoms with Crippen LogP contribution in [0.25, 0.3) is 0 Å². The first-order valence-electron chi connectivity index (χ1n) is 13.9. The first-order chi connectivity index (χ1) is 19.7. The Hall–Kier alpha value is -3.71. The van der Waals surface area contributed by atoms with Crippen molar-refractivity contribution in [3.05, 3.63) is 29.8 Å². The van der Waals surface area contributed by atoms with Gasteiger partial charge in [-0.3, -0.25) is 24.0 Å². The van der Waals surface area contributed by atoms with Gasteiger partial charge in [-0.25, -0.2) is 0 Å². The molecular weight excluding hydrogens is 548 g/mol. The topological polar surface area (TPSA) is 177 Å². The lowest BCUT2D eigenvalue weighted by Crippen LogP contribution is -2.49. The summed E-state index contributed by atoms with van der Waals surface area (Å²) >= 11 is 0. The van der Waals surface area contributed by atoms with Crippen LogP contribution in [0.1, 0.15) is 51.4 Å². The quantitative estimate of drug-likeness (QED) is 0.201. The minimum absolute atomic E-state index is 0.0465. The molecule has 1 rings (SSSR count). The molecule has 0 saturated carbocycles. The van der Waals surface area contributed by atoms with Crippen LogP contribution in [0.4, 0.5) is 0 Å². The molecule has 0 radical (unpaired) electrons. The van der Waals surface area contributed by atoms with E-state index in [4.69, 9.17) is 9.84 Å². The number of nitrogens with one attached hydrogen (secondary N) is 1. The third-order valence-corrected chi connectivity index (χ3v) is 5.35. The molecule has 0 fully saturated rings. The summed E-state index contributed by atoms with van der Waals surface area (Å²) in [6, 6.07) is 6.45. The SMILES string of the molecule is CC(C)C.COc1ccc(C(=O)N(CC(=O)N(CCO)CC(=O)N(CCO)CCC(=O)NCC(=O)O)CC(C)C)cc1. The second-order valence-electron chi connectivity index (χ2n) is 10.6. The highest BCUT2D eigenvalue weighted by molar-refractivity contribution is 5.97. The number of benzene rings is 1. The highest BCUT2D eigenvalue weighted by Gasteiger charge is 2.26. The second kappa shape index (κ2) is 21.1. The fraction of sp³-hybridized carbons (Fsp3) is 0.621. The Bertz CT molecular complexity index is 981. The van der Waals surface area contributed by atoms with Gasteiger partial charge in [0.25, 0.3) is 5.91 Å². The summed E-state index contributed by atoms with van der Waals surface area (Å²) in [5, 5.41) is 29.6. The number of methoxy groups -OCH3 is 1. The largest absolute Gasteiger partial charge is 0.497 e. The van der Waals surface area contributed by atoms with Crippen LogP contribution in [0.3, 0.4) is 0 Å². The van der Waals surface area contributed by atoms with E-state index in [9.17, 15) is 34.2 Å². The molecule has 0 aliphatic heterocycles. The Morgan fingerprint density at radius 1 is 0.810 bits per heavy atom. The number of rotatable bonds is 17. The van der Waals surface area contributed by atoms with Crippen molar-refractivity contribution in [2.24, 2.45) is 11.8 Å². The van der Waals surface area contributed by atoms with Crippen molar-refractivity contribution in [1.82, 2.24) is 20.0 Å². The zero-order valence-corrected chi connectivity index (χ0v) is 25.7. The van der Waals surface area contributed by atoms with Crippen molar-refractivity contribution >= 4 is 29.6 Å². The number of carbonyl (C=O) groups excluding carboxylic acids is 4. The van der Waals surface area contributed by atoms with Crippen LogP contribution in [0, 0.1) is 11.8 Å². The van der Waals surface area contributed by atoms with Gasteiger partial charge >= 0.3 is 5.97 Å². The molecule has 13 nitrogen and oxygen atoms in total. The minimum atomic E-state index is -1.21. The predicted octanol–water partition coefficient (Wildman–Crippen LogP) is 0.688. The lowest BCUT2D eigenvalue weighted by Gasteiger charge is -2.30. The highest BCUT2D eigenvalue weighted by atomic mass is 16.5. The Kier molecular flexibility index (Phi) is 19.2. The lowest BCUT2D eigenvalue weighted by molar-refractivity contribution is -0.142. The Labute approximate surface area is 248 Å². The van der Waals surface area contributed by atoms with Crippen molar-refractivity contribution < 1.29 is 44.0 Å². The van der Waals surface area contributed by atoms with Gasteiger partial charge in [-0.15, -0.1) is 0 Å². The van der Waals surface area contributed by atoms with Crippen LogP contribution in [0.5, 0.6) is 5.75 Å². The molecule has 0 atom stereocenters. The van der Waals surface area contributed by atoms with Gasteiger partial charge in [0.2, 0.25) is 17.7 Å². The fourth-order valence-electron chi connectivity index (χ4n) is 3.50. The van der Waals surface area contributed by atoms with Gasteiger partial charge in [0.1, 0.15) is 18.8 Å². The van der Waals surface area contributed by atoms with Crippen molar-refractivity contribution in [1.29, 1.82) is 0 Å². The van der Waals surface area contributed by atoms with Crippen molar-refractivity contribution in [2.75, 3.05) is 66.1 Å². The molecule has 0 aliphatic carbocycles. The first kappa shape index (κ1) is 38.3. The molecule has 0 spiro atoms. The summed E-state index contributed by atoms with van der Waals surface area (Å²) < 4.78 is 5.12. The second-order valence-corrected chi connectivity index (χ2v) is 10.6. The van der Waals surface area contributed by atoms with Gasteiger partial charge in [0.05, 0.1) is 26.9 Å². The van der Waals surface area contributed by atoms with Crippen LogP contribution < -0.4 is 10.1 Å². The molecule has 0 aliphatic rings. The maximum Gasteiger partial charge on any atom is 0.322 e. The van der Waals surface area contributed by atoms with E-state index in [-0.39, 0.29) is 51.0 Å². The summed E-state index contributed by atoms with van der Waals surface area (Å²) in [5.41, 5.74) is 0.360. The van der Waals surface area contributed by atoms with Crippen LogP contribution in [-0.2, 0) is 19.2 Å². The molecule has 1 aromatic rings. The molecule has 0 bridgehead atoms. The molecule has 4 amide bonds. The monoisotopic (exact) mass is 596 g/mol. The Balaban J connectivity index is 0.00000393. The molecule has 0 aromatic heterocycles. The van der Waals surface area contributed by atoms with Gasteiger partial charge in [-0.05, 0) is 36.1 Å². The van der Waals surface area contributed by atoms with Crippen molar-refractivity contribution in [3.63, 3.8) is 0 Å². The van der Waals surface area contributed by atoms with Crippen molar-refractivity contribution in [3.8, 4) is 5.75 Å². The molecule has 0 heterocycles. The summed E-state index contributed by atoms with van der Waals surface area (Å²) in [6.45, 7) is 8.04. The molecule has 4 N–H and O–H groups in total. The Morgan fingerprint density at radius 3 is 1.79 bits per heavy atom. The zero-order valence-electron chi connectivity index (χ0n) is 25.7. The third-order valence-electron chi connectivity index (χ3n) is 5.35. The van der Waals surface area contributed by atoms with Crippen LogP contribution in [0.2, 0.25) is 0 Å². The van der Waals surface area contributed by atoms with Gasteiger partial charge in [0.15, 0.2) is 0 Å². The molecule has 1 aromatic carbocycles. The average Bonchev–Trinajstić information content (AvgIpc) is 2.92. The lowest BCUT2D eigenvalue weighted by atomic mass is 10.1. The smallest absolute Gasteiger partial charge is 0.322 e. The van der Waals surface area contributed by atoms with E-state index in [2.05, 4.69) is 26.1 Å². The van der Waals surface area contributed by atoms with E-state index >= 15 is 0 Å². The van der Waals surface area contributed by atoms with E-state index in [0.717, 1.165) is 10.8 Å². The number of amides is 4. The standard InChI is InChI=1S/C25H38N4O9.C4H10/c1-18(2)15-29(25(37)19-4-6-20(38-3)7-5-19)17-23(34)28(11-13-31)16-22(33)27(10-12-30)9-8-21(32)26-14-24(35)36;1-4(2)3/h4-7,18,30-31H,8-17H2,1-3H3,(H,26,32)(H,35,36);4H,1-3H3. The summed E-state index contributed by atoms with van der Waals surface area (Å²) in [5.74, 6) is -1.86. The van der Waals surface area contributed by atoms with E-state index in [1.165, 1.54) is 16.9 Å². The van der Waals surface area contributed by atoms with Gasteiger partial charge in [-0.1, -0.05) is 34.6 Å². The van der Waals surface area contributed by atoms with Gasteiger partial charge in [-0.2, -0.15) is 0 Å². The third kappa shape index (κ3) is 16.5. The molecule has 0 saturated heterocycles. The normalized spacial score (nSPS) is 10.4. The van der Waals surface area contributed by atoms with Gasteiger partial charge < -0.3 is 40.1 Å². The first-order valence-corrected chi connectivity index (χ1v) is 13.9. The minimum Gasteiger partial charge on any atom is -0.497 e. The average molecular weight is 597 g/mol. The molecule has 238 valence electrons. The summed E-state index contributed by atoms with van der Waals surface area (Å²) in [7, 11) is 1.51. The van der Waals surface area contributed by atoms with E-state index < -0.39 is 50.0 Å². The van der Waals surface area contributed by atoms with Crippen molar-refractivity contribution in [2.45, 2.75) is 41.0 Å². The molecule has 13 heteroatoms. The number of aliphatic hydroxyl groups excluding tert-OH is 2. The van der Waals surface area contributed by atoms with E-state index in [0.29, 0.717) is 11.3 Å². The van der Waals surface area contributed by atoms with Crippen LogP contribution in [0.15, 0.2) is 24.3 Å². The maximum absolute atomic E-state index is 13.2. The number of nitrogens with zero attached hydrogens (tertiary/aromatic N) is 3. The van der Waals surface area contributed by atoms with Gasteiger partial charge in [0, 0.05) is 38.2 Å². The predicted molar refractivity (Wildman–Crippen MR) is 157 cm³/mol. The number of aliphatic hydroxyl groups is 2. The van der Waals surface area contributed by atoms with E-state index in [1.54, 1.807) is 24.3 Å². The molecule has 0 unspecified atom stereocenters. The number of aliphatic carboxylic acids is 1. The van der Waals surface area contributed by atoms with Crippen LogP contribution >= 0.6 is 0 Å². The van der Waals surface area contributed by atoms with Crippen LogP contribution in [-0.4, -0.2) is 126 Å². The number of hydrogen-bond acceptors (Lipinski definition) is 8. The van der Waals surface area contributed by atoms with E-state index in [1.807, 2.05) is 13.8 Å².